The van der Waals surface area contributed by atoms with E-state index in [1.165, 1.54) is 0 Å². The van der Waals surface area contributed by atoms with Gasteiger partial charge in [0.2, 0.25) is 5.78 Å². The van der Waals surface area contributed by atoms with E-state index in [9.17, 15) is 9.59 Å². The van der Waals surface area contributed by atoms with Gasteiger partial charge in [0.05, 0.1) is 0 Å². The number of hydrogen-bond donors (Lipinski definition) is 1. The summed E-state index contributed by atoms with van der Waals surface area (Å²) >= 11 is 0. The number of aromatic amines is 1. The zero-order valence-electron chi connectivity index (χ0n) is 16.3. The number of rotatable bonds is 5. The number of para-hydroxylation sites is 1. The molecule has 3 aromatic carbocycles. The minimum Gasteiger partial charge on any atom is -0.444 e. The summed E-state index contributed by atoms with van der Waals surface area (Å²) in [7, 11) is 0. The minimum absolute atomic E-state index is 0.252. The van der Waals surface area contributed by atoms with Gasteiger partial charge in [-0.2, -0.15) is 0 Å². The Hall–Kier alpha value is -3.66. The lowest BCUT2D eigenvalue weighted by atomic mass is 9.98. The summed E-state index contributed by atoms with van der Waals surface area (Å²) in [5, 5.41) is 0.913. The van der Waals surface area contributed by atoms with Gasteiger partial charge in [0, 0.05) is 22.0 Å². The molecule has 0 fully saturated rings. The molecule has 0 radical (unpaired) electrons. The highest BCUT2D eigenvalue weighted by atomic mass is 16.5. The van der Waals surface area contributed by atoms with Crippen molar-refractivity contribution >= 4 is 22.7 Å². The van der Waals surface area contributed by atoms with Crippen molar-refractivity contribution in [2.45, 2.75) is 20.0 Å². The monoisotopic (exact) mass is 383 g/mol. The molecule has 4 nitrogen and oxygen atoms in total. The Morgan fingerprint density at radius 2 is 1.45 bits per heavy atom. The van der Waals surface area contributed by atoms with Crippen LogP contribution in [0.4, 0.5) is 0 Å². The van der Waals surface area contributed by atoms with Crippen LogP contribution in [-0.2, 0) is 4.74 Å². The van der Waals surface area contributed by atoms with Crippen molar-refractivity contribution in [3.8, 4) is 0 Å². The van der Waals surface area contributed by atoms with E-state index in [1.807, 2.05) is 74.5 Å². The highest BCUT2D eigenvalue weighted by Gasteiger charge is 2.27. The zero-order chi connectivity index (χ0) is 20.4. The van der Waals surface area contributed by atoms with Crippen molar-refractivity contribution in [1.29, 1.82) is 0 Å². The largest absolute Gasteiger partial charge is 0.444 e. The first-order valence-corrected chi connectivity index (χ1v) is 9.47. The summed E-state index contributed by atoms with van der Waals surface area (Å²) < 4.78 is 5.72. The molecule has 0 aliphatic heterocycles. The number of benzene rings is 3. The molecule has 1 N–H and O–H groups in total. The van der Waals surface area contributed by atoms with Gasteiger partial charge in [-0.15, -0.1) is 0 Å². The van der Waals surface area contributed by atoms with Gasteiger partial charge in [0.25, 0.3) is 0 Å². The molecule has 0 bridgehead atoms. The van der Waals surface area contributed by atoms with Crippen molar-refractivity contribution in [2.24, 2.45) is 0 Å². The van der Waals surface area contributed by atoms with Gasteiger partial charge in [-0.05, 0) is 26.0 Å². The van der Waals surface area contributed by atoms with Gasteiger partial charge >= 0.3 is 5.97 Å². The molecule has 1 atom stereocenters. The normalized spacial score (nSPS) is 11.9. The van der Waals surface area contributed by atoms with Gasteiger partial charge in [-0.25, -0.2) is 4.79 Å². The van der Waals surface area contributed by atoms with E-state index in [2.05, 4.69) is 4.98 Å². The lowest BCUT2D eigenvalue weighted by Crippen LogP contribution is -2.20. The summed E-state index contributed by atoms with van der Waals surface area (Å²) in [6.45, 7) is 3.93. The molecule has 0 saturated heterocycles. The SMILES string of the molecule is Cc1ccc(C(=O)[C@H](OC(=O)c2cc3ccccc3[nH]2)c2ccc(C)cc2)cc1. The van der Waals surface area contributed by atoms with E-state index >= 15 is 0 Å². The molecular weight excluding hydrogens is 362 g/mol. The predicted molar refractivity (Wildman–Crippen MR) is 113 cm³/mol. The average molecular weight is 383 g/mol. The molecule has 0 aliphatic rings. The van der Waals surface area contributed by atoms with Crippen molar-refractivity contribution in [3.63, 3.8) is 0 Å². The van der Waals surface area contributed by atoms with Crippen LogP contribution in [0.25, 0.3) is 10.9 Å². The minimum atomic E-state index is -1.02. The molecule has 4 aromatic rings. The third-order valence-electron chi connectivity index (χ3n) is 4.93. The Kier molecular flexibility index (Phi) is 5.00. The molecular formula is C25H21NO3. The fourth-order valence-corrected chi connectivity index (χ4v) is 3.24. The molecule has 0 spiro atoms. The lowest BCUT2D eigenvalue weighted by Gasteiger charge is -2.17. The first-order valence-electron chi connectivity index (χ1n) is 9.47. The van der Waals surface area contributed by atoms with Crippen LogP contribution in [0, 0.1) is 13.8 Å². The highest BCUT2D eigenvalue weighted by Crippen LogP contribution is 2.25. The number of carbonyl (C=O) groups is 2. The molecule has 1 aromatic heterocycles. The summed E-state index contributed by atoms with van der Waals surface area (Å²) in [6.07, 6.45) is -1.02. The number of nitrogens with one attached hydrogen (secondary N) is 1. The van der Waals surface area contributed by atoms with Crippen LogP contribution < -0.4 is 0 Å². The number of H-pyrrole nitrogens is 1. The van der Waals surface area contributed by atoms with E-state index in [0.29, 0.717) is 16.8 Å². The molecule has 0 unspecified atom stereocenters. The topological polar surface area (TPSA) is 59.2 Å². The number of carbonyl (C=O) groups excluding carboxylic acids is 2. The summed E-state index contributed by atoms with van der Waals surface area (Å²) in [5.74, 6) is -0.814. The Balaban J connectivity index is 1.67. The number of ether oxygens (including phenoxy) is 1. The zero-order valence-corrected chi connectivity index (χ0v) is 16.3. The highest BCUT2D eigenvalue weighted by molar-refractivity contribution is 6.02. The van der Waals surface area contributed by atoms with Gasteiger partial charge in [-0.3, -0.25) is 4.79 Å². The van der Waals surface area contributed by atoms with E-state index < -0.39 is 12.1 Å². The number of esters is 1. The third kappa shape index (κ3) is 3.97. The Morgan fingerprint density at radius 1 is 0.828 bits per heavy atom. The molecule has 4 rings (SSSR count). The van der Waals surface area contributed by atoms with Crippen LogP contribution in [0.15, 0.2) is 78.9 Å². The first-order chi connectivity index (χ1) is 14.0. The number of aromatic nitrogens is 1. The van der Waals surface area contributed by atoms with Crippen LogP contribution in [-0.4, -0.2) is 16.7 Å². The maximum atomic E-state index is 13.2. The Labute approximate surface area is 169 Å². The molecule has 144 valence electrons. The second kappa shape index (κ2) is 7.76. The number of ketones is 1. The van der Waals surface area contributed by atoms with E-state index in [-0.39, 0.29) is 5.78 Å². The molecule has 4 heteroatoms. The molecule has 0 saturated carbocycles. The standard InChI is InChI=1S/C25H21NO3/c1-16-7-11-18(12-8-16)23(27)24(19-13-9-17(2)10-14-19)29-25(28)22-15-20-5-3-4-6-21(20)26-22/h3-15,24,26H,1-2H3/t24-/m1/s1. The van der Waals surface area contributed by atoms with Crippen LogP contribution in [0.2, 0.25) is 0 Å². The average Bonchev–Trinajstić information content (AvgIpc) is 3.17. The molecule has 0 aliphatic carbocycles. The quantitative estimate of drug-likeness (QED) is 0.362. The lowest BCUT2D eigenvalue weighted by molar-refractivity contribution is 0.0275. The third-order valence-corrected chi connectivity index (χ3v) is 4.93. The summed E-state index contributed by atoms with van der Waals surface area (Å²) in [4.78, 5) is 29.1. The van der Waals surface area contributed by atoms with Crippen molar-refractivity contribution in [3.05, 3.63) is 107 Å². The van der Waals surface area contributed by atoms with Gasteiger partial charge in [0.15, 0.2) is 6.10 Å². The first kappa shape index (κ1) is 18.7. The van der Waals surface area contributed by atoms with E-state index in [4.69, 9.17) is 4.74 Å². The number of Topliss-reactive ketones (excluding diaryl/α,β-unsaturated/α-hetero) is 1. The summed E-state index contributed by atoms with van der Waals surface area (Å²) in [6, 6.07) is 24.1. The number of fused-ring (bicyclic) bond motifs is 1. The maximum absolute atomic E-state index is 13.2. The van der Waals surface area contributed by atoms with Crippen molar-refractivity contribution < 1.29 is 14.3 Å². The number of hydrogen-bond acceptors (Lipinski definition) is 3. The van der Waals surface area contributed by atoms with Crippen LogP contribution >= 0.6 is 0 Å². The van der Waals surface area contributed by atoms with E-state index in [1.54, 1.807) is 18.2 Å². The molecule has 0 amide bonds. The van der Waals surface area contributed by atoms with Gasteiger partial charge < -0.3 is 9.72 Å². The smallest absolute Gasteiger partial charge is 0.355 e. The molecule has 29 heavy (non-hydrogen) atoms. The fourth-order valence-electron chi connectivity index (χ4n) is 3.24. The Bertz CT molecular complexity index is 1140. The molecule has 1 heterocycles. The fraction of sp³-hybridized carbons (Fsp3) is 0.120. The van der Waals surface area contributed by atoms with Crippen molar-refractivity contribution in [2.75, 3.05) is 0 Å². The number of aryl methyl sites for hydroxylation is 2. The maximum Gasteiger partial charge on any atom is 0.355 e. The van der Waals surface area contributed by atoms with Gasteiger partial charge in [0.1, 0.15) is 5.69 Å². The Morgan fingerprint density at radius 3 is 2.10 bits per heavy atom. The summed E-state index contributed by atoms with van der Waals surface area (Å²) in [5.41, 5.74) is 4.44. The second-order valence-corrected chi connectivity index (χ2v) is 7.20. The predicted octanol–water partition coefficient (Wildman–Crippen LogP) is 5.57. The van der Waals surface area contributed by atoms with Crippen LogP contribution in [0.5, 0.6) is 0 Å². The van der Waals surface area contributed by atoms with Crippen LogP contribution in [0.3, 0.4) is 0 Å². The van der Waals surface area contributed by atoms with Gasteiger partial charge in [-0.1, -0.05) is 77.9 Å². The van der Waals surface area contributed by atoms with Crippen LogP contribution in [0.1, 0.15) is 43.6 Å². The van der Waals surface area contributed by atoms with Crippen molar-refractivity contribution in [1.82, 2.24) is 4.98 Å². The van der Waals surface area contributed by atoms with E-state index in [0.717, 1.165) is 22.0 Å². The second-order valence-electron chi connectivity index (χ2n) is 7.20.